The smallest absolute Gasteiger partial charge is 0.187 e. The number of aliphatic hydroxyl groups is 1. The lowest BCUT2D eigenvalue weighted by atomic mass is 9.98. The molecule has 1 heterocycles. The molecule has 4 rings (SSSR count). The van der Waals surface area contributed by atoms with Crippen LogP contribution in [0.3, 0.4) is 0 Å². The van der Waals surface area contributed by atoms with Crippen molar-refractivity contribution in [2.75, 3.05) is 13.2 Å². The molecule has 1 aliphatic heterocycles. The summed E-state index contributed by atoms with van der Waals surface area (Å²) in [6.45, 7) is 4.83. The average Bonchev–Trinajstić information content (AvgIpc) is 2.94. The van der Waals surface area contributed by atoms with Crippen LogP contribution in [0.5, 0.6) is 0 Å². The highest BCUT2D eigenvalue weighted by Gasteiger charge is 2.48. The lowest BCUT2D eigenvalue weighted by molar-refractivity contribution is -0.324. The third-order valence-corrected chi connectivity index (χ3v) is 6.01. The van der Waals surface area contributed by atoms with E-state index in [2.05, 4.69) is 6.58 Å². The molecule has 1 N–H and O–H groups in total. The maximum atomic E-state index is 10.2. The second-order valence-corrected chi connectivity index (χ2v) is 8.63. The van der Waals surface area contributed by atoms with Gasteiger partial charge in [0.1, 0.15) is 24.4 Å². The summed E-state index contributed by atoms with van der Waals surface area (Å²) in [7, 11) is 0. The largest absolute Gasteiger partial charge is 0.394 e. The highest BCUT2D eigenvalue weighted by molar-refractivity contribution is 5.15. The van der Waals surface area contributed by atoms with E-state index >= 15 is 0 Å². The molecule has 0 spiro atoms. The molecular weight excluding hydrogens is 456 g/mol. The van der Waals surface area contributed by atoms with Crippen LogP contribution in [0.4, 0.5) is 0 Å². The second-order valence-electron chi connectivity index (χ2n) is 8.63. The zero-order chi connectivity index (χ0) is 25.0. The van der Waals surface area contributed by atoms with Crippen molar-refractivity contribution in [2.24, 2.45) is 0 Å². The predicted octanol–water partition coefficient (Wildman–Crippen LogP) is 4.66. The van der Waals surface area contributed by atoms with Crippen molar-refractivity contribution in [3.8, 4) is 0 Å². The topological polar surface area (TPSA) is 66.4 Å². The molecule has 6 heteroatoms. The van der Waals surface area contributed by atoms with E-state index in [0.717, 1.165) is 16.7 Å². The van der Waals surface area contributed by atoms with Crippen LogP contribution in [0.15, 0.2) is 104 Å². The maximum Gasteiger partial charge on any atom is 0.187 e. The quantitative estimate of drug-likeness (QED) is 0.352. The van der Waals surface area contributed by atoms with Gasteiger partial charge in [-0.3, -0.25) is 0 Å². The Bertz CT molecular complexity index is 1010. The fourth-order valence-electron chi connectivity index (χ4n) is 4.19. The number of ether oxygens (including phenoxy) is 5. The van der Waals surface area contributed by atoms with Gasteiger partial charge in [0.2, 0.25) is 0 Å². The van der Waals surface area contributed by atoms with Crippen molar-refractivity contribution in [3.05, 3.63) is 120 Å². The fraction of sp³-hybridized carbons (Fsp3) is 0.333. The summed E-state index contributed by atoms with van der Waals surface area (Å²) in [5.41, 5.74) is 3.06. The van der Waals surface area contributed by atoms with Crippen LogP contribution in [0.2, 0.25) is 0 Å². The summed E-state index contributed by atoms with van der Waals surface area (Å²) in [5.74, 6) is 0. The van der Waals surface area contributed by atoms with Gasteiger partial charge in [-0.1, -0.05) is 97.1 Å². The molecule has 0 saturated carbocycles. The number of rotatable bonds is 13. The van der Waals surface area contributed by atoms with E-state index in [1.165, 1.54) is 0 Å². The number of aliphatic hydroxyl groups excluding tert-OH is 1. The van der Waals surface area contributed by atoms with E-state index in [-0.39, 0.29) is 13.2 Å². The monoisotopic (exact) mass is 490 g/mol. The van der Waals surface area contributed by atoms with Gasteiger partial charge in [0.05, 0.1) is 33.0 Å². The Morgan fingerprint density at radius 2 is 1.08 bits per heavy atom. The molecule has 0 aliphatic carbocycles. The predicted molar refractivity (Wildman–Crippen MR) is 137 cm³/mol. The highest BCUT2D eigenvalue weighted by atomic mass is 16.7. The van der Waals surface area contributed by atoms with Crippen LogP contribution in [-0.4, -0.2) is 49.0 Å². The molecule has 3 aromatic carbocycles. The number of benzene rings is 3. The molecule has 5 atom stereocenters. The molecule has 1 aliphatic rings. The van der Waals surface area contributed by atoms with Crippen LogP contribution in [0, 0.1) is 0 Å². The van der Waals surface area contributed by atoms with Crippen LogP contribution in [0.1, 0.15) is 16.7 Å². The molecule has 0 radical (unpaired) electrons. The highest BCUT2D eigenvalue weighted by Crippen LogP contribution is 2.31. The normalized spacial score (nSPS) is 23.9. The third kappa shape index (κ3) is 7.34. The van der Waals surface area contributed by atoms with Crippen LogP contribution >= 0.6 is 0 Å². The molecule has 190 valence electrons. The van der Waals surface area contributed by atoms with Crippen LogP contribution < -0.4 is 0 Å². The van der Waals surface area contributed by atoms with Crippen molar-refractivity contribution >= 4 is 0 Å². The fourth-order valence-corrected chi connectivity index (χ4v) is 4.19. The van der Waals surface area contributed by atoms with Crippen molar-refractivity contribution in [2.45, 2.75) is 50.5 Å². The summed E-state index contributed by atoms with van der Waals surface area (Å²) >= 11 is 0. The summed E-state index contributed by atoms with van der Waals surface area (Å²) in [6.07, 6.45) is -1.50. The minimum Gasteiger partial charge on any atom is -0.394 e. The Kier molecular flexibility index (Phi) is 10.2. The zero-order valence-electron chi connectivity index (χ0n) is 20.4. The standard InChI is InChI=1S/C30H34O6/c1-2-18-32-30-29(35-22-25-16-10-5-11-17-25)28(34-21-24-14-8-4-9-15-24)27(26(19-31)36-30)33-20-23-12-6-3-7-13-23/h2-17,26-31H,1,18-22H2/t26-,27-,28+,29-,30-/m1/s1. The van der Waals surface area contributed by atoms with Crippen LogP contribution in [-0.2, 0) is 43.5 Å². The minimum atomic E-state index is -0.763. The summed E-state index contributed by atoms with van der Waals surface area (Å²) in [4.78, 5) is 0. The summed E-state index contributed by atoms with van der Waals surface area (Å²) in [5, 5.41) is 10.2. The average molecular weight is 491 g/mol. The Labute approximate surface area is 213 Å². The molecule has 36 heavy (non-hydrogen) atoms. The lowest BCUT2D eigenvalue weighted by Gasteiger charge is -2.45. The molecular formula is C30H34O6. The van der Waals surface area contributed by atoms with Crippen molar-refractivity contribution in [1.82, 2.24) is 0 Å². The Balaban J connectivity index is 1.59. The van der Waals surface area contributed by atoms with Gasteiger partial charge in [-0.05, 0) is 16.7 Å². The first kappa shape index (κ1) is 26.2. The Hall–Kier alpha value is -2.84. The van der Waals surface area contributed by atoms with Crippen LogP contribution in [0.25, 0.3) is 0 Å². The van der Waals surface area contributed by atoms with Gasteiger partial charge in [0.25, 0.3) is 0 Å². The molecule has 0 aromatic heterocycles. The molecule has 1 saturated heterocycles. The van der Waals surface area contributed by atoms with E-state index in [9.17, 15) is 5.11 Å². The van der Waals surface area contributed by atoms with Gasteiger partial charge in [0.15, 0.2) is 6.29 Å². The lowest BCUT2D eigenvalue weighted by Crippen LogP contribution is -2.61. The second kappa shape index (κ2) is 14.0. The van der Waals surface area contributed by atoms with Crippen molar-refractivity contribution in [1.29, 1.82) is 0 Å². The summed E-state index contributed by atoms with van der Waals surface area (Å²) < 4.78 is 31.3. The van der Waals surface area contributed by atoms with E-state index in [0.29, 0.717) is 19.8 Å². The van der Waals surface area contributed by atoms with Gasteiger partial charge in [-0.25, -0.2) is 0 Å². The minimum absolute atomic E-state index is 0.246. The van der Waals surface area contributed by atoms with Crippen molar-refractivity contribution < 1.29 is 28.8 Å². The SMILES string of the molecule is C=CCO[C@@H]1O[C@H](CO)[C@@H](OCc2ccccc2)[C@H](OCc2ccccc2)[C@H]1OCc1ccccc1. The third-order valence-electron chi connectivity index (χ3n) is 6.01. The molecule has 0 unspecified atom stereocenters. The first-order valence-electron chi connectivity index (χ1n) is 12.2. The maximum absolute atomic E-state index is 10.2. The molecule has 1 fully saturated rings. The molecule has 3 aromatic rings. The molecule has 0 amide bonds. The van der Waals surface area contributed by atoms with Gasteiger partial charge < -0.3 is 28.8 Å². The van der Waals surface area contributed by atoms with E-state index < -0.39 is 30.7 Å². The van der Waals surface area contributed by atoms with E-state index in [1.807, 2.05) is 91.0 Å². The van der Waals surface area contributed by atoms with E-state index in [4.69, 9.17) is 23.7 Å². The first-order chi connectivity index (χ1) is 17.8. The van der Waals surface area contributed by atoms with Gasteiger partial charge in [-0.15, -0.1) is 6.58 Å². The van der Waals surface area contributed by atoms with Crippen molar-refractivity contribution in [3.63, 3.8) is 0 Å². The Morgan fingerprint density at radius 3 is 1.53 bits per heavy atom. The zero-order valence-corrected chi connectivity index (χ0v) is 20.4. The first-order valence-corrected chi connectivity index (χ1v) is 12.2. The van der Waals surface area contributed by atoms with Gasteiger partial charge in [-0.2, -0.15) is 0 Å². The molecule has 6 nitrogen and oxygen atoms in total. The number of hydrogen-bond donors (Lipinski definition) is 1. The molecule has 0 bridgehead atoms. The van der Waals surface area contributed by atoms with Gasteiger partial charge in [0, 0.05) is 0 Å². The number of hydrogen-bond acceptors (Lipinski definition) is 6. The Morgan fingerprint density at radius 1 is 0.639 bits per heavy atom. The summed E-state index contributed by atoms with van der Waals surface area (Å²) in [6, 6.07) is 29.7. The van der Waals surface area contributed by atoms with Gasteiger partial charge >= 0.3 is 0 Å². The van der Waals surface area contributed by atoms with E-state index in [1.54, 1.807) is 6.08 Å².